The van der Waals surface area contributed by atoms with Crippen LogP contribution in [0.1, 0.15) is 33.6 Å². The van der Waals surface area contributed by atoms with Crippen molar-refractivity contribution in [1.29, 1.82) is 0 Å². The van der Waals surface area contributed by atoms with E-state index in [0.29, 0.717) is 5.92 Å². The normalized spacial score (nSPS) is 31.9. The standard InChI is InChI=1S/C25H35NO3S/c1-25(2,3)29-22-9-10-23(19-8-6-5-7-18(19)22)30(4)14-12-17(16-30)21-15-26-13-11-20(21)24(27)28/h5-10,17,20-21,26H,11-16H2,1-4H3,(H,27,28). The molecule has 2 aromatic carbocycles. The third-order valence-corrected chi connectivity index (χ3v) is 10.5. The Morgan fingerprint density at radius 1 is 1.13 bits per heavy atom. The van der Waals surface area contributed by atoms with Gasteiger partial charge in [-0.3, -0.25) is 4.79 Å². The maximum absolute atomic E-state index is 11.8. The molecule has 2 aliphatic heterocycles. The first kappa shape index (κ1) is 21.5. The number of hydrogen-bond acceptors (Lipinski definition) is 3. The predicted molar refractivity (Wildman–Crippen MR) is 126 cm³/mol. The summed E-state index contributed by atoms with van der Waals surface area (Å²) in [4.78, 5) is 13.3. The van der Waals surface area contributed by atoms with Gasteiger partial charge < -0.3 is 15.2 Å². The number of fused-ring (bicyclic) bond motifs is 1. The van der Waals surface area contributed by atoms with Crippen LogP contribution in [-0.4, -0.2) is 47.5 Å². The summed E-state index contributed by atoms with van der Waals surface area (Å²) in [6.07, 6.45) is 4.34. The Hall–Kier alpha value is -1.72. The highest BCUT2D eigenvalue weighted by Crippen LogP contribution is 2.63. The van der Waals surface area contributed by atoms with Gasteiger partial charge in [0.25, 0.3) is 0 Å². The number of nitrogens with one attached hydrogen (secondary N) is 1. The number of rotatable bonds is 4. The highest BCUT2D eigenvalue weighted by molar-refractivity contribution is 8.33. The smallest absolute Gasteiger partial charge is 0.306 e. The summed E-state index contributed by atoms with van der Waals surface area (Å²) < 4.78 is 6.26. The lowest BCUT2D eigenvalue weighted by Gasteiger charge is -2.37. The molecule has 30 heavy (non-hydrogen) atoms. The second kappa shape index (κ2) is 8.08. The first-order valence-electron chi connectivity index (χ1n) is 11.1. The summed E-state index contributed by atoms with van der Waals surface area (Å²) in [6, 6.07) is 13.0. The van der Waals surface area contributed by atoms with Gasteiger partial charge in [0.05, 0.1) is 5.92 Å². The number of hydrogen-bond donors (Lipinski definition) is 2. The molecule has 0 radical (unpaired) electrons. The summed E-state index contributed by atoms with van der Waals surface area (Å²) in [5.74, 6) is 3.19. The molecule has 5 heteroatoms. The van der Waals surface area contributed by atoms with E-state index >= 15 is 0 Å². The van der Waals surface area contributed by atoms with Crippen molar-refractivity contribution >= 4 is 26.8 Å². The average Bonchev–Trinajstić information content (AvgIpc) is 3.10. The highest BCUT2D eigenvalue weighted by Gasteiger charge is 2.42. The molecule has 0 aliphatic carbocycles. The molecule has 0 spiro atoms. The lowest BCUT2D eigenvalue weighted by molar-refractivity contribution is -0.145. The van der Waals surface area contributed by atoms with Crippen LogP contribution >= 0.6 is 10.0 Å². The number of carbonyl (C=O) groups is 1. The second-order valence-electron chi connectivity index (χ2n) is 10.1. The molecule has 164 valence electrons. The summed E-state index contributed by atoms with van der Waals surface area (Å²) >= 11 is 0. The molecular weight excluding hydrogens is 394 g/mol. The Labute approximate surface area is 181 Å². The minimum atomic E-state index is -0.993. The molecule has 2 aromatic rings. The molecule has 0 aromatic heterocycles. The first-order chi connectivity index (χ1) is 14.2. The maximum Gasteiger partial charge on any atom is 0.306 e. The molecule has 0 saturated carbocycles. The van der Waals surface area contributed by atoms with Crippen molar-refractivity contribution in [2.75, 3.05) is 30.9 Å². The zero-order valence-corrected chi connectivity index (χ0v) is 19.4. The second-order valence-corrected chi connectivity index (χ2v) is 13.8. The fourth-order valence-corrected chi connectivity index (χ4v) is 9.22. The summed E-state index contributed by atoms with van der Waals surface area (Å²) in [5.41, 5.74) is -0.237. The number of carboxylic acids is 1. The average molecular weight is 430 g/mol. The third-order valence-electron chi connectivity index (χ3n) is 6.76. The van der Waals surface area contributed by atoms with Crippen LogP contribution in [0.3, 0.4) is 0 Å². The zero-order chi connectivity index (χ0) is 21.5. The van der Waals surface area contributed by atoms with Gasteiger partial charge in [0.2, 0.25) is 0 Å². The SMILES string of the molecule is CC(C)(C)Oc1ccc(S2(C)CCC(C3CNCCC3C(=O)O)C2)c2ccccc12. The van der Waals surface area contributed by atoms with Gasteiger partial charge in [-0.15, -0.1) is 0 Å². The summed E-state index contributed by atoms with van der Waals surface area (Å²) in [7, 11) is -0.993. The van der Waals surface area contributed by atoms with Crippen molar-refractivity contribution in [3.05, 3.63) is 36.4 Å². The molecule has 2 fully saturated rings. The van der Waals surface area contributed by atoms with Gasteiger partial charge in [-0.2, -0.15) is 0 Å². The quantitative estimate of drug-likeness (QED) is 0.706. The fraction of sp³-hybridized carbons (Fsp3) is 0.560. The van der Waals surface area contributed by atoms with Crippen LogP contribution in [0.2, 0.25) is 0 Å². The lowest BCUT2D eigenvalue weighted by atomic mass is 9.77. The zero-order valence-electron chi connectivity index (χ0n) is 18.6. The van der Waals surface area contributed by atoms with Gasteiger partial charge in [-0.25, -0.2) is 10.0 Å². The topological polar surface area (TPSA) is 58.6 Å². The minimum Gasteiger partial charge on any atom is -0.488 e. The Bertz CT molecular complexity index is 938. The Kier molecular flexibility index (Phi) is 5.80. The van der Waals surface area contributed by atoms with E-state index in [-0.39, 0.29) is 17.4 Å². The van der Waals surface area contributed by atoms with E-state index in [4.69, 9.17) is 4.74 Å². The predicted octanol–water partition coefficient (Wildman–Crippen LogP) is 5.14. The number of carboxylic acid groups (broad SMARTS) is 1. The van der Waals surface area contributed by atoms with Gasteiger partial charge >= 0.3 is 5.97 Å². The number of aliphatic carboxylic acids is 1. The van der Waals surface area contributed by atoms with E-state index in [1.807, 2.05) is 0 Å². The third kappa shape index (κ3) is 4.19. The molecule has 4 unspecified atom stereocenters. The van der Waals surface area contributed by atoms with Gasteiger partial charge in [0.1, 0.15) is 11.4 Å². The monoisotopic (exact) mass is 429 g/mol. The largest absolute Gasteiger partial charge is 0.488 e. The Balaban J connectivity index is 1.66. The van der Waals surface area contributed by atoms with Crippen molar-refractivity contribution < 1.29 is 14.6 Å². The molecule has 4 atom stereocenters. The van der Waals surface area contributed by atoms with Crippen molar-refractivity contribution in [3.63, 3.8) is 0 Å². The van der Waals surface area contributed by atoms with E-state index in [9.17, 15) is 9.90 Å². The summed E-state index contributed by atoms with van der Waals surface area (Å²) in [5, 5.41) is 15.7. The van der Waals surface area contributed by atoms with Crippen molar-refractivity contribution in [3.8, 4) is 5.75 Å². The Morgan fingerprint density at radius 3 is 2.57 bits per heavy atom. The maximum atomic E-state index is 11.8. The van der Waals surface area contributed by atoms with E-state index < -0.39 is 16.0 Å². The van der Waals surface area contributed by atoms with Gasteiger partial charge in [-0.05, 0) is 98.7 Å². The first-order valence-corrected chi connectivity index (χ1v) is 13.4. The van der Waals surface area contributed by atoms with E-state index in [2.05, 4.69) is 68.7 Å². The van der Waals surface area contributed by atoms with Crippen LogP contribution in [0.5, 0.6) is 5.75 Å². The van der Waals surface area contributed by atoms with Gasteiger partial charge in [0.15, 0.2) is 0 Å². The van der Waals surface area contributed by atoms with Crippen molar-refractivity contribution in [2.24, 2.45) is 17.8 Å². The molecule has 2 heterocycles. The molecule has 2 aliphatic rings. The van der Waals surface area contributed by atoms with Crippen LogP contribution in [-0.2, 0) is 4.79 Å². The number of piperidine rings is 1. The van der Waals surface area contributed by atoms with Crippen LogP contribution in [0.4, 0.5) is 0 Å². The minimum absolute atomic E-state index is 0.197. The van der Waals surface area contributed by atoms with Crippen molar-refractivity contribution in [2.45, 2.75) is 44.1 Å². The Morgan fingerprint density at radius 2 is 1.87 bits per heavy atom. The van der Waals surface area contributed by atoms with Crippen LogP contribution in [0.25, 0.3) is 10.8 Å². The van der Waals surface area contributed by atoms with Gasteiger partial charge in [0, 0.05) is 5.39 Å². The van der Waals surface area contributed by atoms with E-state index in [1.54, 1.807) is 0 Å². The highest BCUT2D eigenvalue weighted by atomic mass is 32.3. The van der Waals surface area contributed by atoms with E-state index in [0.717, 1.165) is 37.4 Å². The molecule has 4 rings (SSSR count). The lowest BCUT2D eigenvalue weighted by Crippen LogP contribution is -2.43. The van der Waals surface area contributed by atoms with E-state index in [1.165, 1.54) is 21.4 Å². The summed E-state index contributed by atoms with van der Waals surface area (Å²) in [6.45, 7) is 7.92. The van der Waals surface area contributed by atoms with Crippen LogP contribution in [0, 0.1) is 17.8 Å². The van der Waals surface area contributed by atoms with Crippen molar-refractivity contribution in [1.82, 2.24) is 5.32 Å². The molecule has 2 N–H and O–H groups in total. The molecular formula is C25H35NO3S. The van der Waals surface area contributed by atoms with Crippen LogP contribution < -0.4 is 10.1 Å². The van der Waals surface area contributed by atoms with Gasteiger partial charge in [-0.1, -0.05) is 24.3 Å². The molecule has 4 nitrogen and oxygen atoms in total. The molecule has 0 amide bonds. The molecule has 2 saturated heterocycles. The number of ether oxygens (including phenoxy) is 1. The fourth-order valence-electron chi connectivity index (χ4n) is 5.36. The van der Waals surface area contributed by atoms with Crippen LogP contribution in [0.15, 0.2) is 41.3 Å². The number of benzene rings is 2. The molecule has 0 bridgehead atoms.